The zero-order valence-corrected chi connectivity index (χ0v) is 10.8. The Labute approximate surface area is 102 Å². The molecule has 0 unspecified atom stereocenters. The van der Waals surface area contributed by atoms with Crippen molar-refractivity contribution < 1.29 is 9.90 Å². The fourth-order valence-corrected chi connectivity index (χ4v) is 1.75. The van der Waals surface area contributed by atoms with Gasteiger partial charge in [-0.3, -0.25) is 9.48 Å². The molecule has 0 spiro atoms. The lowest BCUT2D eigenvalue weighted by Gasteiger charge is -2.16. The Bertz CT molecular complexity index is 374. The molecule has 0 aliphatic carbocycles. The third-order valence-electron chi connectivity index (χ3n) is 2.74. The van der Waals surface area contributed by atoms with Crippen LogP contribution in [0.25, 0.3) is 0 Å². The first-order chi connectivity index (χ1) is 8.06. The minimum Gasteiger partial charge on any atom is -0.396 e. The molecule has 1 rings (SSSR count). The summed E-state index contributed by atoms with van der Waals surface area (Å²) in [5, 5.41) is 12.8. The van der Waals surface area contributed by atoms with Crippen LogP contribution >= 0.6 is 0 Å². The highest BCUT2D eigenvalue weighted by Crippen LogP contribution is 2.08. The second kappa shape index (κ2) is 6.39. The van der Waals surface area contributed by atoms with Gasteiger partial charge in [-0.25, -0.2) is 0 Å². The van der Waals surface area contributed by atoms with E-state index in [2.05, 4.69) is 5.10 Å². The molecule has 0 saturated carbocycles. The number of amides is 1. The lowest BCUT2D eigenvalue weighted by atomic mass is 10.2. The van der Waals surface area contributed by atoms with Crippen LogP contribution in [0, 0.1) is 6.92 Å². The van der Waals surface area contributed by atoms with Gasteiger partial charge >= 0.3 is 0 Å². The molecule has 1 amide bonds. The summed E-state index contributed by atoms with van der Waals surface area (Å²) in [7, 11) is 3.61. The van der Waals surface area contributed by atoms with E-state index in [1.807, 2.05) is 14.0 Å². The van der Waals surface area contributed by atoms with E-state index in [1.54, 1.807) is 22.8 Å². The van der Waals surface area contributed by atoms with Crippen molar-refractivity contribution in [3.05, 3.63) is 17.5 Å². The molecular formula is C12H21N3O2. The van der Waals surface area contributed by atoms with Crippen molar-refractivity contribution in [1.29, 1.82) is 0 Å². The summed E-state index contributed by atoms with van der Waals surface area (Å²) >= 11 is 0. The first-order valence-electron chi connectivity index (χ1n) is 5.93. The fourth-order valence-electron chi connectivity index (χ4n) is 1.75. The number of aryl methyl sites for hydroxylation is 2. The molecule has 0 aliphatic heterocycles. The Balaban J connectivity index is 2.49. The molecule has 1 aromatic heterocycles. The minimum atomic E-state index is 0.0135. The minimum absolute atomic E-state index is 0.0135. The van der Waals surface area contributed by atoms with Gasteiger partial charge in [0.25, 0.3) is 5.91 Å². The molecule has 5 nitrogen and oxygen atoms in total. The van der Waals surface area contributed by atoms with E-state index in [0.717, 1.165) is 25.0 Å². The topological polar surface area (TPSA) is 58.4 Å². The third kappa shape index (κ3) is 3.85. The van der Waals surface area contributed by atoms with Gasteiger partial charge in [0.15, 0.2) is 0 Å². The molecule has 0 saturated heterocycles. The highest BCUT2D eigenvalue weighted by molar-refractivity contribution is 5.94. The SMILES string of the molecule is Cc1nn(C)cc1C(=O)N(C)CCCCCO. The fraction of sp³-hybridized carbons (Fsp3) is 0.667. The van der Waals surface area contributed by atoms with E-state index >= 15 is 0 Å². The second-order valence-corrected chi connectivity index (χ2v) is 4.31. The molecular weight excluding hydrogens is 218 g/mol. The van der Waals surface area contributed by atoms with E-state index in [9.17, 15) is 4.79 Å². The molecule has 5 heteroatoms. The third-order valence-corrected chi connectivity index (χ3v) is 2.74. The molecule has 1 aromatic rings. The van der Waals surface area contributed by atoms with E-state index in [4.69, 9.17) is 5.11 Å². The van der Waals surface area contributed by atoms with Crippen molar-refractivity contribution in [3.63, 3.8) is 0 Å². The first-order valence-corrected chi connectivity index (χ1v) is 5.93. The number of nitrogens with zero attached hydrogens (tertiary/aromatic N) is 3. The van der Waals surface area contributed by atoms with Crippen molar-refractivity contribution >= 4 is 5.91 Å². The number of rotatable bonds is 6. The highest BCUT2D eigenvalue weighted by Gasteiger charge is 2.16. The largest absolute Gasteiger partial charge is 0.396 e. The number of hydrogen-bond acceptors (Lipinski definition) is 3. The molecule has 0 bridgehead atoms. The van der Waals surface area contributed by atoms with Gasteiger partial charge in [-0.05, 0) is 26.2 Å². The Morgan fingerprint density at radius 1 is 1.47 bits per heavy atom. The van der Waals surface area contributed by atoms with Crippen LogP contribution in [0.3, 0.4) is 0 Å². The van der Waals surface area contributed by atoms with Crippen LogP contribution in [0.2, 0.25) is 0 Å². The van der Waals surface area contributed by atoms with Gasteiger partial charge in [0.2, 0.25) is 0 Å². The van der Waals surface area contributed by atoms with E-state index in [1.165, 1.54) is 0 Å². The smallest absolute Gasteiger partial charge is 0.257 e. The first kappa shape index (κ1) is 13.7. The molecule has 0 aromatic carbocycles. The summed E-state index contributed by atoms with van der Waals surface area (Å²) in [4.78, 5) is 13.8. The van der Waals surface area contributed by atoms with Gasteiger partial charge < -0.3 is 10.0 Å². The number of carbonyl (C=O) groups is 1. The second-order valence-electron chi connectivity index (χ2n) is 4.31. The number of hydrogen-bond donors (Lipinski definition) is 1. The summed E-state index contributed by atoms with van der Waals surface area (Å²) in [5.41, 5.74) is 1.43. The van der Waals surface area contributed by atoms with Gasteiger partial charge in [0.05, 0.1) is 11.3 Å². The molecule has 96 valence electrons. The molecule has 17 heavy (non-hydrogen) atoms. The van der Waals surface area contributed by atoms with Crippen LogP contribution in [0.4, 0.5) is 0 Å². The van der Waals surface area contributed by atoms with Crippen molar-refractivity contribution in [2.45, 2.75) is 26.2 Å². The van der Waals surface area contributed by atoms with Gasteiger partial charge in [-0.1, -0.05) is 0 Å². The van der Waals surface area contributed by atoms with Gasteiger partial charge in [0, 0.05) is 33.4 Å². The summed E-state index contributed by atoms with van der Waals surface area (Å²) in [6.07, 6.45) is 4.41. The van der Waals surface area contributed by atoms with Gasteiger partial charge in [0.1, 0.15) is 0 Å². The van der Waals surface area contributed by atoms with E-state index in [-0.39, 0.29) is 12.5 Å². The number of aromatic nitrogens is 2. The van der Waals surface area contributed by atoms with Crippen LogP contribution in [0.5, 0.6) is 0 Å². The average Bonchev–Trinajstić information content (AvgIpc) is 2.62. The maximum atomic E-state index is 12.1. The Hall–Kier alpha value is -1.36. The van der Waals surface area contributed by atoms with Crippen LogP contribution < -0.4 is 0 Å². The molecule has 0 aliphatic rings. The zero-order chi connectivity index (χ0) is 12.8. The quantitative estimate of drug-likeness (QED) is 0.752. The Kier molecular flexibility index (Phi) is 5.15. The lowest BCUT2D eigenvalue weighted by molar-refractivity contribution is 0.0791. The summed E-state index contributed by atoms with van der Waals surface area (Å²) in [6.45, 7) is 2.78. The average molecular weight is 239 g/mol. The lowest BCUT2D eigenvalue weighted by Crippen LogP contribution is -2.28. The van der Waals surface area contributed by atoms with Crippen LogP contribution in [-0.4, -0.2) is 45.9 Å². The van der Waals surface area contributed by atoms with Crippen LogP contribution in [-0.2, 0) is 7.05 Å². The van der Waals surface area contributed by atoms with Gasteiger partial charge in [-0.15, -0.1) is 0 Å². The Morgan fingerprint density at radius 3 is 2.71 bits per heavy atom. The molecule has 0 fully saturated rings. The molecule has 0 radical (unpaired) electrons. The van der Waals surface area contributed by atoms with Crippen molar-refractivity contribution in [2.75, 3.05) is 20.2 Å². The van der Waals surface area contributed by atoms with Crippen molar-refractivity contribution in [3.8, 4) is 0 Å². The van der Waals surface area contributed by atoms with E-state index < -0.39 is 0 Å². The molecule has 1 heterocycles. The van der Waals surface area contributed by atoms with Crippen molar-refractivity contribution in [1.82, 2.24) is 14.7 Å². The summed E-state index contributed by atoms with van der Waals surface area (Å²) < 4.78 is 1.65. The van der Waals surface area contributed by atoms with Gasteiger partial charge in [-0.2, -0.15) is 5.10 Å². The number of aliphatic hydroxyl groups is 1. The number of aliphatic hydroxyl groups excluding tert-OH is 1. The number of carbonyl (C=O) groups excluding carboxylic acids is 1. The van der Waals surface area contributed by atoms with E-state index in [0.29, 0.717) is 12.1 Å². The Morgan fingerprint density at radius 2 is 2.18 bits per heavy atom. The van der Waals surface area contributed by atoms with Crippen LogP contribution in [0.15, 0.2) is 6.20 Å². The summed E-state index contributed by atoms with van der Waals surface area (Å²) in [5.74, 6) is 0.0135. The zero-order valence-electron chi connectivity index (χ0n) is 10.8. The summed E-state index contributed by atoms with van der Waals surface area (Å²) in [6, 6.07) is 0. The predicted octanol–water partition coefficient (Wildman–Crippen LogP) is 0.963. The van der Waals surface area contributed by atoms with Crippen LogP contribution in [0.1, 0.15) is 35.3 Å². The predicted molar refractivity (Wildman–Crippen MR) is 65.8 cm³/mol. The monoisotopic (exact) mass is 239 g/mol. The number of unbranched alkanes of at least 4 members (excludes halogenated alkanes) is 2. The highest BCUT2D eigenvalue weighted by atomic mass is 16.2. The maximum absolute atomic E-state index is 12.1. The molecule has 0 atom stereocenters. The molecule has 1 N–H and O–H groups in total. The standard InChI is InChI=1S/C12H21N3O2/c1-10-11(9-15(3)13-10)12(17)14(2)7-5-4-6-8-16/h9,16H,4-8H2,1-3H3. The maximum Gasteiger partial charge on any atom is 0.257 e. The normalized spacial score (nSPS) is 10.6. The van der Waals surface area contributed by atoms with Crippen molar-refractivity contribution in [2.24, 2.45) is 7.05 Å².